The predicted molar refractivity (Wildman–Crippen MR) is 101 cm³/mol. The number of benzene rings is 1. The number of pyridine rings is 1. The van der Waals surface area contributed by atoms with Gasteiger partial charge in [0.05, 0.1) is 10.2 Å². The molecule has 25 heavy (non-hydrogen) atoms. The molecule has 3 heterocycles. The number of aromatic nitrogens is 2. The number of amides is 1. The quantitative estimate of drug-likeness (QED) is 0.782. The van der Waals surface area contributed by atoms with Crippen molar-refractivity contribution in [3.05, 3.63) is 53.7 Å². The minimum atomic E-state index is -0.0617. The minimum absolute atomic E-state index is 0.0617. The van der Waals surface area contributed by atoms with Crippen molar-refractivity contribution in [3.63, 3.8) is 0 Å². The largest absolute Gasteiger partial charge is 0.357 e. The Morgan fingerprint density at radius 2 is 1.96 bits per heavy atom. The lowest BCUT2D eigenvalue weighted by Gasteiger charge is -2.32. The van der Waals surface area contributed by atoms with Gasteiger partial charge in [0.25, 0.3) is 5.91 Å². The molecule has 3 aromatic rings. The van der Waals surface area contributed by atoms with E-state index in [4.69, 9.17) is 0 Å². The van der Waals surface area contributed by atoms with Crippen molar-refractivity contribution < 1.29 is 4.79 Å². The molecule has 5 nitrogen and oxygen atoms in total. The first kappa shape index (κ1) is 16.0. The number of nitrogens with zero attached hydrogens (tertiary/aromatic N) is 3. The van der Waals surface area contributed by atoms with Crippen molar-refractivity contribution in [1.29, 1.82) is 0 Å². The molecule has 0 unspecified atom stereocenters. The summed E-state index contributed by atoms with van der Waals surface area (Å²) in [4.78, 5) is 23.5. The van der Waals surface area contributed by atoms with Crippen LogP contribution in [0.15, 0.2) is 48.7 Å². The van der Waals surface area contributed by atoms with Crippen LogP contribution in [-0.2, 0) is 0 Å². The summed E-state index contributed by atoms with van der Waals surface area (Å²) in [7, 11) is 0. The average molecular weight is 352 g/mol. The number of hydrogen-bond donors (Lipinski definition) is 1. The van der Waals surface area contributed by atoms with Crippen LogP contribution in [0.1, 0.15) is 22.6 Å². The number of thiazole rings is 1. The van der Waals surface area contributed by atoms with Gasteiger partial charge in [0.2, 0.25) is 0 Å². The molecule has 0 bridgehead atoms. The van der Waals surface area contributed by atoms with Crippen LogP contribution < -0.4 is 10.2 Å². The predicted octanol–water partition coefficient (Wildman–Crippen LogP) is 3.34. The van der Waals surface area contributed by atoms with Crippen molar-refractivity contribution in [2.75, 3.05) is 24.5 Å². The summed E-state index contributed by atoms with van der Waals surface area (Å²) in [6, 6.07) is 13.9. The Balaban J connectivity index is 1.29. The molecule has 1 saturated heterocycles. The van der Waals surface area contributed by atoms with Crippen molar-refractivity contribution in [2.45, 2.75) is 12.8 Å². The Labute approximate surface area is 150 Å². The molecule has 1 N–H and O–H groups in total. The number of para-hydroxylation sites is 1. The topological polar surface area (TPSA) is 58.1 Å². The van der Waals surface area contributed by atoms with Gasteiger partial charge in [-0.2, -0.15) is 0 Å². The number of piperidine rings is 1. The lowest BCUT2D eigenvalue weighted by molar-refractivity contribution is 0.0944. The molecule has 1 fully saturated rings. The first-order chi connectivity index (χ1) is 12.3. The third-order valence-corrected chi connectivity index (χ3v) is 5.66. The van der Waals surface area contributed by atoms with Gasteiger partial charge in [-0.05, 0) is 43.0 Å². The van der Waals surface area contributed by atoms with Gasteiger partial charge in [0, 0.05) is 25.8 Å². The SMILES string of the molecule is O=C(NCC1CCN(c2ccccn2)CC1)c1nc2ccccc2s1. The number of anilines is 1. The zero-order valence-corrected chi connectivity index (χ0v) is 14.7. The highest BCUT2D eigenvalue weighted by Gasteiger charge is 2.21. The maximum absolute atomic E-state index is 12.4. The molecule has 1 amide bonds. The Hall–Kier alpha value is -2.47. The molecule has 0 aliphatic carbocycles. The van der Waals surface area contributed by atoms with Gasteiger partial charge in [-0.25, -0.2) is 9.97 Å². The molecule has 6 heteroatoms. The fourth-order valence-corrected chi connectivity index (χ4v) is 4.07. The van der Waals surface area contributed by atoms with E-state index in [1.807, 2.05) is 42.6 Å². The van der Waals surface area contributed by atoms with E-state index in [0.29, 0.717) is 17.5 Å². The highest BCUT2D eigenvalue weighted by molar-refractivity contribution is 7.20. The lowest BCUT2D eigenvalue weighted by Crippen LogP contribution is -2.39. The van der Waals surface area contributed by atoms with E-state index in [1.54, 1.807) is 0 Å². The van der Waals surface area contributed by atoms with E-state index >= 15 is 0 Å². The zero-order valence-electron chi connectivity index (χ0n) is 13.9. The molecule has 4 rings (SSSR count). The summed E-state index contributed by atoms with van der Waals surface area (Å²) < 4.78 is 1.05. The molecular weight excluding hydrogens is 332 g/mol. The van der Waals surface area contributed by atoms with Crippen LogP contribution in [-0.4, -0.2) is 35.5 Å². The van der Waals surface area contributed by atoms with Gasteiger partial charge in [-0.1, -0.05) is 18.2 Å². The zero-order chi connectivity index (χ0) is 17.1. The molecule has 1 aromatic carbocycles. The summed E-state index contributed by atoms with van der Waals surface area (Å²) in [5.74, 6) is 1.49. The van der Waals surface area contributed by atoms with E-state index in [1.165, 1.54) is 11.3 Å². The van der Waals surface area contributed by atoms with Crippen LogP contribution in [0.2, 0.25) is 0 Å². The number of rotatable bonds is 4. The molecule has 0 radical (unpaired) electrons. The van der Waals surface area contributed by atoms with Gasteiger partial charge < -0.3 is 10.2 Å². The smallest absolute Gasteiger partial charge is 0.280 e. The van der Waals surface area contributed by atoms with E-state index < -0.39 is 0 Å². The fraction of sp³-hybridized carbons (Fsp3) is 0.316. The number of fused-ring (bicyclic) bond motifs is 1. The second kappa shape index (κ2) is 7.19. The Kier molecular flexibility index (Phi) is 4.61. The number of carbonyl (C=O) groups excluding carboxylic acids is 1. The Morgan fingerprint density at radius 3 is 2.72 bits per heavy atom. The van der Waals surface area contributed by atoms with Gasteiger partial charge in [0.15, 0.2) is 5.01 Å². The van der Waals surface area contributed by atoms with Crippen molar-refractivity contribution in [2.24, 2.45) is 5.92 Å². The highest BCUT2D eigenvalue weighted by Crippen LogP contribution is 2.23. The molecular formula is C19H20N4OS. The summed E-state index contributed by atoms with van der Waals surface area (Å²) in [6.45, 7) is 2.68. The average Bonchev–Trinajstić information content (AvgIpc) is 3.11. The first-order valence-electron chi connectivity index (χ1n) is 8.59. The van der Waals surface area contributed by atoms with Gasteiger partial charge in [-0.3, -0.25) is 4.79 Å². The normalized spacial score (nSPS) is 15.4. The second-order valence-corrected chi connectivity index (χ2v) is 7.35. The lowest BCUT2D eigenvalue weighted by atomic mass is 9.97. The van der Waals surface area contributed by atoms with Gasteiger partial charge >= 0.3 is 0 Å². The van der Waals surface area contributed by atoms with Crippen LogP contribution in [0.3, 0.4) is 0 Å². The standard InChI is InChI=1S/C19H20N4OS/c24-18(19-22-15-5-1-2-6-16(15)25-19)21-13-14-8-11-23(12-9-14)17-7-3-4-10-20-17/h1-7,10,14H,8-9,11-13H2,(H,21,24). The Bertz CT molecular complexity index is 823. The number of hydrogen-bond acceptors (Lipinski definition) is 5. The van der Waals surface area contributed by atoms with E-state index in [-0.39, 0.29) is 5.91 Å². The summed E-state index contributed by atoms with van der Waals surface area (Å²) in [5, 5.41) is 3.61. The van der Waals surface area contributed by atoms with Gasteiger partial charge in [0.1, 0.15) is 5.82 Å². The third kappa shape index (κ3) is 3.64. The van der Waals surface area contributed by atoms with E-state index in [0.717, 1.165) is 42.0 Å². The molecule has 0 spiro atoms. The van der Waals surface area contributed by atoms with Crippen molar-refractivity contribution in [3.8, 4) is 0 Å². The summed E-state index contributed by atoms with van der Waals surface area (Å²) in [6.07, 6.45) is 3.97. The minimum Gasteiger partial charge on any atom is -0.357 e. The highest BCUT2D eigenvalue weighted by atomic mass is 32.1. The number of nitrogens with one attached hydrogen (secondary N) is 1. The molecule has 0 atom stereocenters. The summed E-state index contributed by atoms with van der Waals surface area (Å²) in [5.41, 5.74) is 0.890. The molecule has 128 valence electrons. The van der Waals surface area contributed by atoms with Crippen LogP contribution in [0.4, 0.5) is 5.82 Å². The molecule has 0 saturated carbocycles. The van der Waals surface area contributed by atoms with Crippen LogP contribution in [0.5, 0.6) is 0 Å². The third-order valence-electron chi connectivity index (χ3n) is 4.63. The first-order valence-corrected chi connectivity index (χ1v) is 9.41. The maximum atomic E-state index is 12.4. The van der Waals surface area contributed by atoms with E-state index in [9.17, 15) is 4.79 Å². The van der Waals surface area contributed by atoms with Gasteiger partial charge in [-0.15, -0.1) is 11.3 Å². The van der Waals surface area contributed by atoms with Crippen LogP contribution >= 0.6 is 11.3 Å². The second-order valence-electron chi connectivity index (χ2n) is 6.32. The van der Waals surface area contributed by atoms with Crippen molar-refractivity contribution >= 4 is 33.3 Å². The molecule has 1 aliphatic rings. The molecule has 2 aromatic heterocycles. The monoisotopic (exact) mass is 352 g/mol. The van der Waals surface area contributed by atoms with E-state index in [2.05, 4.69) is 26.3 Å². The summed E-state index contributed by atoms with van der Waals surface area (Å²) >= 11 is 1.45. The molecule has 1 aliphatic heterocycles. The van der Waals surface area contributed by atoms with Crippen LogP contribution in [0.25, 0.3) is 10.2 Å². The van der Waals surface area contributed by atoms with Crippen LogP contribution in [0, 0.1) is 5.92 Å². The van der Waals surface area contributed by atoms with Crippen molar-refractivity contribution in [1.82, 2.24) is 15.3 Å². The number of carbonyl (C=O) groups is 1. The fourth-order valence-electron chi connectivity index (χ4n) is 3.19. The Morgan fingerprint density at radius 1 is 1.16 bits per heavy atom. The maximum Gasteiger partial charge on any atom is 0.280 e.